The molecule has 1 aliphatic heterocycles. The third-order valence-corrected chi connectivity index (χ3v) is 4.19. The van der Waals surface area contributed by atoms with Crippen LogP contribution >= 0.6 is 15.9 Å². The zero-order chi connectivity index (χ0) is 16.2. The first kappa shape index (κ1) is 15.7. The van der Waals surface area contributed by atoms with Gasteiger partial charge in [-0.2, -0.15) is 0 Å². The molecule has 1 amide bonds. The van der Waals surface area contributed by atoms with E-state index in [1.807, 2.05) is 31.2 Å². The number of ether oxygens (including phenoxy) is 3. The largest absolute Gasteiger partial charge is 0.484 e. The molecule has 23 heavy (non-hydrogen) atoms. The van der Waals surface area contributed by atoms with Crippen molar-refractivity contribution in [2.45, 2.75) is 13.0 Å². The van der Waals surface area contributed by atoms with E-state index in [9.17, 15) is 4.79 Å². The summed E-state index contributed by atoms with van der Waals surface area (Å²) in [5.74, 6) is 1.69. The van der Waals surface area contributed by atoms with E-state index in [0.717, 1.165) is 10.0 Å². The summed E-state index contributed by atoms with van der Waals surface area (Å²) in [5.41, 5.74) is 1.02. The summed E-state index contributed by atoms with van der Waals surface area (Å²) in [7, 11) is 0. The van der Waals surface area contributed by atoms with Gasteiger partial charge in [0.05, 0.1) is 6.04 Å². The molecule has 1 atom stereocenters. The lowest BCUT2D eigenvalue weighted by atomic mass is 10.1. The van der Waals surface area contributed by atoms with E-state index < -0.39 is 0 Å². The molecule has 5 nitrogen and oxygen atoms in total. The molecule has 2 aromatic rings. The van der Waals surface area contributed by atoms with Crippen LogP contribution < -0.4 is 19.5 Å². The minimum atomic E-state index is -0.189. The van der Waals surface area contributed by atoms with Crippen LogP contribution in [0, 0.1) is 0 Å². The number of amides is 1. The number of hydrogen-bond acceptors (Lipinski definition) is 4. The molecule has 6 heteroatoms. The summed E-state index contributed by atoms with van der Waals surface area (Å²) in [4.78, 5) is 12.0. The monoisotopic (exact) mass is 377 g/mol. The molecule has 0 aromatic heterocycles. The Labute approximate surface area is 142 Å². The van der Waals surface area contributed by atoms with Gasteiger partial charge in [-0.3, -0.25) is 4.79 Å². The number of carbonyl (C=O) groups excluding carboxylic acids is 1. The van der Waals surface area contributed by atoms with Gasteiger partial charge in [0.2, 0.25) is 6.79 Å². The second-order valence-electron chi connectivity index (χ2n) is 5.11. The first-order valence-electron chi connectivity index (χ1n) is 7.20. The number of nitrogens with one attached hydrogen (secondary N) is 1. The smallest absolute Gasteiger partial charge is 0.258 e. The van der Waals surface area contributed by atoms with Gasteiger partial charge < -0.3 is 19.5 Å². The van der Waals surface area contributed by atoms with Crippen molar-refractivity contribution in [3.63, 3.8) is 0 Å². The molecular formula is C17H16BrNO4. The highest BCUT2D eigenvalue weighted by Gasteiger charge is 2.15. The van der Waals surface area contributed by atoms with E-state index in [1.165, 1.54) is 0 Å². The van der Waals surface area contributed by atoms with Gasteiger partial charge in [0, 0.05) is 10.5 Å². The van der Waals surface area contributed by atoms with Crippen LogP contribution in [-0.2, 0) is 4.79 Å². The van der Waals surface area contributed by atoms with Crippen LogP contribution in [0.1, 0.15) is 18.5 Å². The van der Waals surface area contributed by atoms with E-state index in [4.69, 9.17) is 14.2 Å². The Morgan fingerprint density at radius 3 is 2.87 bits per heavy atom. The summed E-state index contributed by atoms with van der Waals surface area (Å²) >= 11 is 3.48. The molecule has 3 rings (SSSR count). The van der Waals surface area contributed by atoms with Gasteiger partial charge in [-0.25, -0.2) is 0 Å². The fourth-order valence-corrected chi connectivity index (χ4v) is 2.93. The third-order valence-electron chi connectivity index (χ3n) is 3.46. The lowest BCUT2D eigenvalue weighted by Gasteiger charge is -2.16. The lowest BCUT2D eigenvalue weighted by Crippen LogP contribution is -2.31. The fraction of sp³-hybridized carbons (Fsp3) is 0.235. The standard InChI is InChI=1S/C17H16BrNO4/c1-11(13-4-2-3-5-14(13)18)19-17(20)9-21-12-6-7-15-16(8-12)23-10-22-15/h2-8,11H,9-10H2,1H3,(H,19,20)/t11-/m0/s1. The van der Waals surface area contributed by atoms with Gasteiger partial charge in [0.15, 0.2) is 18.1 Å². The van der Waals surface area contributed by atoms with Gasteiger partial charge in [0.25, 0.3) is 5.91 Å². The van der Waals surface area contributed by atoms with E-state index >= 15 is 0 Å². The maximum absolute atomic E-state index is 12.0. The fourth-order valence-electron chi connectivity index (χ4n) is 2.30. The number of fused-ring (bicyclic) bond motifs is 1. The molecule has 0 fully saturated rings. The van der Waals surface area contributed by atoms with Crippen molar-refractivity contribution < 1.29 is 19.0 Å². The molecule has 120 valence electrons. The van der Waals surface area contributed by atoms with Crippen LogP contribution in [0.15, 0.2) is 46.9 Å². The maximum Gasteiger partial charge on any atom is 0.258 e. The predicted octanol–water partition coefficient (Wildman–Crippen LogP) is 3.43. The SMILES string of the molecule is C[C@H](NC(=O)COc1ccc2c(c1)OCO2)c1ccccc1Br. The Bertz CT molecular complexity index is 719. The topological polar surface area (TPSA) is 56.8 Å². The normalized spacial score (nSPS) is 13.5. The Balaban J connectivity index is 1.54. The quantitative estimate of drug-likeness (QED) is 0.866. The minimum Gasteiger partial charge on any atom is -0.484 e. The predicted molar refractivity (Wildman–Crippen MR) is 88.8 cm³/mol. The van der Waals surface area contributed by atoms with Gasteiger partial charge in [0.1, 0.15) is 5.75 Å². The Morgan fingerprint density at radius 2 is 2.04 bits per heavy atom. The van der Waals surface area contributed by atoms with Gasteiger partial charge in [-0.1, -0.05) is 34.1 Å². The van der Waals surface area contributed by atoms with E-state index in [1.54, 1.807) is 18.2 Å². The van der Waals surface area contributed by atoms with Gasteiger partial charge >= 0.3 is 0 Å². The van der Waals surface area contributed by atoms with Crippen molar-refractivity contribution in [3.8, 4) is 17.2 Å². The van der Waals surface area contributed by atoms with Crippen molar-refractivity contribution in [2.24, 2.45) is 0 Å². The molecule has 0 saturated heterocycles. The van der Waals surface area contributed by atoms with Crippen molar-refractivity contribution in [1.29, 1.82) is 0 Å². The molecular weight excluding hydrogens is 362 g/mol. The first-order valence-corrected chi connectivity index (χ1v) is 7.99. The molecule has 2 aromatic carbocycles. The number of benzene rings is 2. The van der Waals surface area contributed by atoms with E-state index in [2.05, 4.69) is 21.2 Å². The zero-order valence-electron chi connectivity index (χ0n) is 12.5. The molecule has 0 spiro atoms. The molecule has 0 radical (unpaired) electrons. The van der Waals surface area contributed by atoms with Crippen LogP contribution in [0.4, 0.5) is 0 Å². The number of carbonyl (C=O) groups is 1. The highest BCUT2D eigenvalue weighted by molar-refractivity contribution is 9.10. The average Bonchev–Trinajstić information content (AvgIpc) is 3.01. The van der Waals surface area contributed by atoms with Crippen LogP contribution in [-0.4, -0.2) is 19.3 Å². The van der Waals surface area contributed by atoms with E-state index in [-0.39, 0.29) is 25.3 Å². The summed E-state index contributed by atoms with van der Waals surface area (Å²) < 4.78 is 17.0. The highest BCUT2D eigenvalue weighted by Crippen LogP contribution is 2.35. The average molecular weight is 378 g/mol. The maximum atomic E-state index is 12.0. The van der Waals surface area contributed by atoms with Crippen molar-refractivity contribution in [2.75, 3.05) is 13.4 Å². The molecule has 0 unspecified atom stereocenters. The van der Waals surface area contributed by atoms with Crippen LogP contribution in [0.25, 0.3) is 0 Å². The third kappa shape index (κ3) is 3.76. The number of rotatable bonds is 5. The molecule has 1 aliphatic rings. The Hall–Kier alpha value is -2.21. The number of halogens is 1. The molecule has 0 bridgehead atoms. The summed E-state index contributed by atoms with van der Waals surface area (Å²) in [6, 6.07) is 12.9. The van der Waals surface area contributed by atoms with Gasteiger partial charge in [-0.05, 0) is 30.7 Å². The second-order valence-corrected chi connectivity index (χ2v) is 5.97. The van der Waals surface area contributed by atoms with Crippen molar-refractivity contribution in [1.82, 2.24) is 5.32 Å². The Kier molecular flexibility index (Phi) is 4.71. The van der Waals surface area contributed by atoms with Gasteiger partial charge in [-0.15, -0.1) is 0 Å². The van der Waals surface area contributed by atoms with Crippen molar-refractivity contribution in [3.05, 3.63) is 52.5 Å². The minimum absolute atomic E-state index is 0.0611. The second kappa shape index (κ2) is 6.91. The zero-order valence-corrected chi connectivity index (χ0v) is 14.1. The van der Waals surface area contributed by atoms with Crippen LogP contribution in [0.5, 0.6) is 17.2 Å². The Morgan fingerprint density at radius 1 is 1.26 bits per heavy atom. The summed E-state index contributed by atoms with van der Waals surface area (Å²) in [5, 5.41) is 2.91. The molecule has 0 aliphatic carbocycles. The van der Waals surface area contributed by atoms with Crippen LogP contribution in [0.2, 0.25) is 0 Å². The number of hydrogen-bond donors (Lipinski definition) is 1. The lowest BCUT2D eigenvalue weighted by molar-refractivity contribution is -0.123. The van der Waals surface area contributed by atoms with E-state index in [0.29, 0.717) is 17.2 Å². The summed E-state index contributed by atoms with van der Waals surface area (Å²) in [6.45, 7) is 2.08. The van der Waals surface area contributed by atoms with Crippen LogP contribution in [0.3, 0.4) is 0 Å². The molecule has 1 N–H and O–H groups in total. The molecule has 1 heterocycles. The first-order chi connectivity index (χ1) is 11.1. The van der Waals surface area contributed by atoms with Crippen molar-refractivity contribution >= 4 is 21.8 Å². The summed E-state index contributed by atoms with van der Waals surface area (Å²) in [6.07, 6.45) is 0. The molecule has 0 saturated carbocycles. The highest BCUT2D eigenvalue weighted by atomic mass is 79.9.